The minimum atomic E-state index is -1.11. The molecule has 254 valence electrons. The zero-order valence-electron chi connectivity index (χ0n) is 28.1. The zero-order valence-corrected chi connectivity index (χ0v) is 28.1. The number of halogens is 1. The molecule has 47 heavy (non-hydrogen) atoms. The lowest BCUT2D eigenvalue weighted by atomic mass is 9.92. The molecule has 3 amide bonds. The summed E-state index contributed by atoms with van der Waals surface area (Å²) in [6, 6.07) is 8.68. The average Bonchev–Trinajstić information content (AvgIpc) is 3.49. The molecular formula is C35H46FN5O6. The fraction of sp³-hybridized carbons (Fsp3) is 0.571. The second-order valence-corrected chi connectivity index (χ2v) is 13.5. The molecule has 2 aliphatic heterocycles. The van der Waals surface area contributed by atoms with Crippen molar-refractivity contribution >= 4 is 18.1 Å². The summed E-state index contributed by atoms with van der Waals surface area (Å²) < 4.78 is 32.3. The predicted molar refractivity (Wildman–Crippen MR) is 173 cm³/mol. The van der Waals surface area contributed by atoms with E-state index in [1.165, 1.54) is 11.0 Å². The van der Waals surface area contributed by atoms with Gasteiger partial charge in [-0.25, -0.2) is 19.0 Å². The first-order valence-electron chi connectivity index (χ1n) is 16.3. The van der Waals surface area contributed by atoms with E-state index in [1.807, 2.05) is 20.8 Å². The number of nitriles is 1. The summed E-state index contributed by atoms with van der Waals surface area (Å²) in [7, 11) is 0. The van der Waals surface area contributed by atoms with Gasteiger partial charge in [0.2, 0.25) is 11.8 Å². The van der Waals surface area contributed by atoms with Crippen LogP contribution in [0.1, 0.15) is 72.8 Å². The molecule has 2 fully saturated rings. The van der Waals surface area contributed by atoms with E-state index in [2.05, 4.69) is 16.4 Å². The first-order valence-corrected chi connectivity index (χ1v) is 16.3. The van der Waals surface area contributed by atoms with E-state index >= 15 is 4.39 Å². The van der Waals surface area contributed by atoms with E-state index in [-0.39, 0.29) is 36.2 Å². The maximum Gasteiger partial charge on any atom is 0.410 e. The molecule has 12 heteroatoms. The molecule has 0 radical (unpaired) electrons. The van der Waals surface area contributed by atoms with Crippen molar-refractivity contribution in [3.8, 4) is 23.1 Å². The van der Waals surface area contributed by atoms with E-state index < -0.39 is 35.5 Å². The summed E-state index contributed by atoms with van der Waals surface area (Å²) in [4.78, 5) is 45.9. The Morgan fingerprint density at radius 1 is 1.06 bits per heavy atom. The minimum Gasteiger partial charge on any atom is -0.474 e. The minimum absolute atomic E-state index is 0.109. The van der Waals surface area contributed by atoms with Crippen molar-refractivity contribution < 1.29 is 33.0 Å². The second-order valence-electron chi connectivity index (χ2n) is 13.5. The number of piperidine rings is 1. The van der Waals surface area contributed by atoms with Crippen LogP contribution in [0.4, 0.5) is 14.0 Å². The molecule has 2 saturated heterocycles. The smallest absolute Gasteiger partial charge is 0.410 e. The zero-order chi connectivity index (χ0) is 34.3. The Balaban J connectivity index is 1.39. The average molecular weight is 652 g/mol. The topological polar surface area (TPSA) is 134 Å². The van der Waals surface area contributed by atoms with Crippen LogP contribution in [0, 0.1) is 23.1 Å². The van der Waals surface area contributed by atoms with Crippen molar-refractivity contribution in [2.24, 2.45) is 5.92 Å². The van der Waals surface area contributed by atoms with Gasteiger partial charge in [0.15, 0.2) is 0 Å². The molecule has 1 unspecified atom stereocenters. The Labute approximate surface area is 276 Å². The molecule has 2 aromatic rings. The van der Waals surface area contributed by atoms with E-state index in [0.717, 1.165) is 12.8 Å². The van der Waals surface area contributed by atoms with Gasteiger partial charge in [0, 0.05) is 43.9 Å². The molecule has 1 aromatic carbocycles. The number of carbonyl (C=O) groups excluding carboxylic acids is 3. The fourth-order valence-electron chi connectivity index (χ4n) is 5.86. The van der Waals surface area contributed by atoms with Crippen molar-refractivity contribution in [3.63, 3.8) is 0 Å². The van der Waals surface area contributed by atoms with Gasteiger partial charge < -0.3 is 29.3 Å². The molecule has 1 aromatic heterocycles. The van der Waals surface area contributed by atoms with Gasteiger partial charge in [-0.2, -0.15) is 5.26 Å². The van der Waals surface area contributed by atoms with Crippen LogP contribution in [0.2, 0.25) is 0 Å². The van der Waals surface area contributed by atoms with Gasteiger partial charge in [-0.1, -0.05) is 12.1 Å². The quantitative estimate of drug-likeness (QED) is 0.356. The number of amides is 3. The number of rotatable bonds is 9. The Kier molecular flexibility index (Phi) is 11.7. The van der Waals surface area contributed by atoms with Gasteiger partial charge in [-0.3, -0.25) is 4.79 Å². The molecule has 11 nitrogen and oxygen atoms in total. The lowest BCUT2D eigenvalue weighted by Gasteiger charge is -2.34. The third kappa shape index (κ3) is 9.80. The van der Waals surface area contributed by atoms with Crippen molar-refractivity contribution in [1.29, 1.82) is 5.26 Å². The number of aromatic nitrogens is 1. The summed E-state index contributed by atoms with van der Waals surface area (Å²) in [5.74, 6) is -0.274. The number of hydrogen-bond acceptors (Lipinski definition) is 8. The molecule has 2 aliphatic rings. The third-order valence-corrected chi connectivity index (χ3v) is 8.33. The first kappa shape index (κ1) is 35.5. The highest BCUT2D eigenvalue weighted by molar-refractivity contribution is 5.87. The van der Waals surface area contributed by atoms with E-state index in [4.69, 9.17) is 14.2 Å². The van der Waals surface area contributed by atoms with Crippen LogP contribution in [-0.2, 0) is 20.7 Å². The van der Waals surface area contributed by atoms with Crippen LogP contribution >= 0.6 is 0 Å². The maximum absolute atomic E-state index is 15.5. The second kappa shape index (κ2) is 15.5. The maximum atomic E-state index is 15.5. The Bertz CT molecular complexity index is 1450. The van der Waals surface area contributed by atoms with Crippen molar-refractivity contribution in [2.75, 3.05) is 19.6 Å². The van der Waals surface area contributed by atoms with E-state index in [9.17, 15) is 19.6 Å². The van der Waals surface area contributed by atoms with Crippen LogP contribution in [0.25, 0.3) is 11.1 Å². The number of nitrogens with one attached hydrogen (secondary N) is 1. The number of nitrogens with zero attached hydrogens (tertiary/aromatic N) is 4. The molecule has 0 spiro atoms. The third-order valence-electron chi connectivity index (χ3n) is 8.33. The normalized spacial score (nSPS) is 18.3. The summed E-state index contributed by atoms with van der Waals surface area (Å²) >= 11 is 0. The number of ether oxygens (including phenoxy) is 3. The standard InChI is InChI=1S/C35H46FN5O6/c1-22(2)45-34(44)40-16-13-24(14-17-40)23(3)46-31-12-11-27(21-38-31)25-9-10-26(29(36)18-25)19-30(39-33(43)47-35(4,5)6)32(42)41-15-7-8-28(41)20-37/h9-12,18,21-24,28,30H,7-8,13-17,19H2,1-6H3,(H,39,43)/t23-,28-,30?/m0/s1. The van der Waals surface area contributed by atoms with Crippen LogP contribution in [0.5, 0.6) is 5.88 Å². The van der Waals surface area contributed by atoms with Crippen molar-refractivity contribution in [1.82, 2.24) is 20.1 Å². The Hall–Kier alpha value is -4.40. The number of pyridine rings is 1. The number of hydrogen-bond donors (Lipinski definition) is 1. The molecule has 3 atom stereocenters. The molecule has 1 N–H and O–H groups in total. The highest BCUT2D eigenvalue weighted by Crippen LogP contribution is 2.27. The summed E-state index contributed by atoms with van der Waals surface area (Å²) in [6.45, 7) is 12.4. The fourth-order valence-corrected chi connectivity index (χ4v) is 5.86. The predicted octanol–water partition coefficient (Wildman–Crippen LogP) is 5.86. The van der Waals surface area contributed by atoms with Crippen LogP contribution in [-0.4, -0.2) is 82.4 Å². The lowest BCUT2D eigenvalue weighted by Crippen LogP contribution is -2.51. The first-order chi connectivity index (χ1) is 22.2. The van der Waals surface area contributed by atoms with E-state index in [1.54, 1.807) is 56.1 Å². The summed E-state index contributed by atoms with van der Waals surface area (Å²) in [6.07, 6.45) is 3.00. The SMILES string of the molecule is CC(C)OC(=O)N1CCC([C@H](C)Oc2ccc(-c3ccc(CC(NC(=O)OC(C)(C)C)C(=O)N4CCC[C@H]4C#N)c(F)c3)cn2)CC1. The van der Waals surface area contributed by atoms with Gasteiger partial charge in [-0.05, 0) is 96.4 Å². The van der Waals surface area contributed by atoms with Crippen LogP contribution in [0.15, 0.2) is 36.5 Å². The van der Waals surface area contributed by atoms with Crippen molar-refractivity contribution in [2.45, 2.75) is 104 Å². The van der Waals surface area contributed by atoms with Crippen LogP contribution in [0.3, 0.4) is 0 Å². The number of likely N-dealkylation sites (tertiary alicyclic amines) is 2. The van der Waals surface area contributed by atoms with E-state index in [0.29, 0.717) is 49.5 Å². The number of carbonyl (C=O) groups is 3. The van der Waals surface area contributed by atoms with Gasteiger partial charge in [-0.15, -0.1) is 0 Å². The Morgan fingerprint density at radius 3 is 2.36 bits per heavy atom. The number of benzene rings is 1. The van der Waals surface area contributed by atoms with Gasteiger partial charge in [0.1, 0.15) is 29.6 Å². The highest BCUT2D eigenvalue weighted by atomic mass is 19.1. The van der Waals surface area contributed by atoms with Gasteiger partial charge in [0.25, 0.3) is 0 Å². The summed E-state index contributed by atoms with van der Waals surface area (Å²) in [5, 5.41) is 12.1. The van der Waals surface area contributed by atoms with Crippen molar-refractivity contribution in [3.05, 3.63) is 47.9 Å². The molecule has 3 heterocycles. The monoisotopic (exact) mass is 651 g/mol. The highest BCUT2D eigenvalue weighted by Gasteiger charge is 2.35. The molecule has 0 bridgehead atoms. The largest absolute Gasteiger partial charge is 0.474 e. The Morgan fingerprint density at radius 2 is 1.77 bits per heavy atom. The summed E-state index contributed by atoms with van der Waals surface area (Å²) in [5.41, 5.74) is 0.718. The van der Waals surface area contributed by atoms with Gasteiger partial charge in [0.05, 0.1) is 12.2 Å². The molecule has 4 rings (SSSR count). The number of alkyl carbamates (subject to hydrolysis) is 1. The van der Waals surface area contributed by atoms with Crippen LogP contribution < -0.4 is 10.1 Å². The molecule has 0 saturated carbocycles. The molecule has 0 aliphatic carbocycles. The van der Waals surface area contributed by atoms with Gasteiger partial charge >= 0.3 is 12.2 Å². The molecular weight excluding hydrogens is 605 g/mol. The lowest BCUT2D eigenvalue weighted by molar-refractivity contribution is -0.133.